The maximum atomic E-state index is 12.6. The number of aliphatic hydroxyl groups excluding tert-OH is 2. The van der Waals surface area contributed by atoms with Gasteiger partial charge in [-0.2, -0.15) is 0 Å². The maximum absolute atomic E-state index is 12.6. The van der Waals surface area contributed by atoms with Gasteiger partial charge in [0.25, 0.3) is 0 Å². The van der Waals surface area contributed by atoms with Crippen molar-refractivity contribution in [3.05, 3.63) is 36.5 Å². The number of esters is 2. The zero-order chi connectivity index (χ0) is 40.5. The van der Waals surface area contributed by atoms with Gasteiger partial charge in [-0.15, -0.1) is 0 Å². The van der Waals surface area contributed by atoms with Gasteiger partial charge in [0, 0.05) is 12.8 Å². The molecule has 0 radical (unpaired) electrons. The Morgan fingerprint density at radius 2 is 1.00 bits per heavy atom. The van der Waals surface area contributed by atoms with Gasteiger partial charge in [-0.25, -0.2) is 4.57 Å². The highest BCUT2D eigenvalue weighted by Gasteiger charge is 2.27. The fraction of sp³-hybridized carbons (Fsp3) is 0.818. The summed E-state index contributed by atoms with van der Waals surface area (Å²) in [6, 6.07) is 0. The van der Waals surface area contributed by atoms with Crippen LogP contribution in [0.3, 0.4) is 0 Å². The number of carbonyl (C=O) groups excluding carboxylic acids is 2. The lowest BCUT2D eigenvalue weighted by molar-refractivity contribution is -0.161. The van der Waals surface area contributed by atoms with Crippen molar-refractivity contribution < 1.29 is 47.8 Å². The Kier molecular flexibility index (Phi) is 39.1. The molecule has 0 bridgehead atoms. The van der Waals surface area contributed by atoms with Crippen molar-refractivity contribution in [2.75, 3.05) is 26.4 Å². The van der Waals surface area contributed by atoms with Gasteiger partial charge in [-0.05, 0) is 44.9 Å². The topological polar surface area (TPSA) is 149 Å². The molecule has 0 aromatic rings. The highest BCUT2D eigenvalue weighted by molar-refractivity contribution is 7.47. The number of unbranched alkanes of at least 4 members (excludes halogenated alkanes) is 21. The predicted molar refractivity (Wildman–Crippen MR) is 224 cm³/mol. The van der Waals surface area contributed by atoms with E-state index in [1.165, 1.54) is 96.3 Å². The van der Waals surface area contributed by atoms with Crippen molar-refractivity contribution in [3.63, 3.8) is 0 Å². The third kappa shape index (κ3) is 40.2. The number of hydrogen-bond donors (Lipinski definition) is 3. The van der Waals surface area contributed by atoms with Crippen molar-refractivity contribution in [3.8, 4) is 0 Å². The van der Waals surface area contributed by atoms with Crippen molar-refractivity contribution in [2.24, 2.45) is 0 Å². The molecule has 0 aromatic heterocycles. The van der Waals surface area contributed by atoms with Crippen LogP contribution in [0, 0.1) is 0 Å². The van der Waals surface area contributed by atoms with E-state index in [9.17, 15) is 24.2 Å². The first kappa shape index (κ1) is 53.2. The van der Waals surface area contributed by atoms with Crippen molar-refractivity contribution in [2.45, 2.75) is 206 Å². The summed E-state index contributed by atoms with van der Waals surface area (Å²) in [5.74, 6) is -0.954. The molecular formula is C44H81O10P. The molecule has 0 aromatic carbocycles. The fourth-order valence-electron chi connectivity index (χ4n) is 5.95. The Labute approximate surface area is 335 Å². The Morgan fingerprint density at radius 1 is 0.564 bits per heavy atom. The molecule has 10 nitrogen and oxygen atoms in total. The molecule has 0 fully saturated rings. The Hall–Kier alpha value is -1.81. The van der Waals surface area contributed by atoms with Gasteiger partial charge in [0.15, 0.2) is 6.10 Å². The molecule has 3 atom stereocenters. The fourth-order valence-corrected chi connectivity index (χ4v) is 6.74. The van der Waals surface area contributed by atoms with E-state index in [1.54, 1.807) is 0 Å². The average molecular weight is 801 g/mol. The summed E-state index contributed by atoms with van der Waals surface area (Å²) >= 11 is 0. The molecule has 0 aliphatic rings. The lowest BCUT2D eigenvalue weighted by Gasteiger charge is -2.20. The maximum Gasteiger partial charge on any atom is 0.472 e. The molecular weight excluding hydrogens is 719 g/mol. The SMILES string of the molecule is CC/C=C\C/C=C\C/C=C\CCCCCC(=O)OC(COC(=O)CCCCCCCCCCCCCCCCCCCCC)COP(=O)(O)OCC(O)CO. The van der Waals surface area contributed by atoms with Gasteiger partial charge in [-0.3, -0.25) is 18.6 Å². The minimum Gasteiger partial charge on any atom is -0.462 e. The normalized spacial score (nSPS) is 14.2. The molecule has 0 amide bonds. The predicted octanol–water partition coefficient (Wildman–Crippen LogP) is 11.6. The van der Waals surface area contributed by atoms with Crippen LogP contribution in [0.4, 0.5) is 0 Å². The van der Waals surface area contributed by atoms with Crippen molar-refractivity contribution >= 4 is 19.8 Å². The molecule has 0 aliphatic heterocycles. The Bertz CT molecular complexity index is 1010. The van der Waals surface area contributed by atoms with Gasteiger partial charge < -0.3 is 24.6 Å². The number of aliphatic hydroxyl groups is 2. The molecule has 0 spiro atoms. The molecule has 0 saturated carbocycles. The van der Waals surface area contributed by atoms with E-state index >= 15 is 0 Å². The minimum absolute atomic E-state index is 0.150. The average Bonchev–Trinajstić information content (AvgIpc) is 3.17. The third-order valence-electron chi connectivity index (χ3n) is 9.31. The first-order valence-electron chi connectivity index (χ1n) is 21.9. The Morgan fingerprint density at radius 3 is 1.51 bits per heavy atom. The lowest BCUT2D eigenvalue weighted by atomic mass is 10.0. The van der Waals surface area contributed by atoms with Gasteiger partial charge in [-0.1, -0.05) is 172 Å². The summed E-state index contributed by atoms with van der Waals surface area (Å²) in [4.78, 5) is 34.9. The van der Waals surface area contributed by atoms with E-state index < -0.39 is 51.8 Å². The van der Waals surface area contributed by atoms with Crippen LogP contribution in [0.5, 0.6) is 0 Å². The standard InChI is InChI=1S/C44H81O10P/c1-3-5-7-9-11-13-15-17-18-19-20-21-22-24-25-27-29-31-33-35-43(47)51-39-42(40-53-55(49,50)52-38-41(46)37-45)54-44(48)36-34-32-30-28-26-23-16-14-12-10-8-6-4-2/h6,8,12,14,23,26,41-42,45-46H,3-5,7,9-11,13,15-22,24-25,27-40H2,1-2H3,(H,49,50)/b8-6-,14-12-,26-23-. The quantitative estimate of drug-likeness (QED) is 0.0236. The number of allylic oxidation sites excluding steroid dienone is 6. The van der Waals surface area contributed by atoms with E-state index in [0.717, 1.165) is 57.8 Å². The molecule has 0 rings (SSSR count). The van der Waals surface area contributed by atoms with Gasteiger partial charge in [0.1, 0.15) is 12.7 Å². The van der Waals surface area contributed by atoms with Crippen LogP contribution in [0.1, 0.15) is 194 Å². The van der Waals surface area contributed by atoms with Crippen LogP contribution in [0.2, 0.25) is 0 Å². The highest BCUT2D eigenvalue weighted by atomic mass is 31.2. The number of hydrogen-bond acceptors (Lipinski definition) is 9. The van der Waals surface area contributed by atoms with E-state index in [-0.39, 0.29) is 19.4 Å². The van der Waals surface area contributed by atoms with Crippen LogP contribution < -0.4 is 0 Å². The summed E-state index contributed by atoms with van der Waals surface area (Å²) in [5.41, 5.74) is 0. The first-order valence-corrected chi connectivity index (χ1v) is 23.4. The smallest absolute Gasteiger partial charge is 0.462 e. The number of rotatable bonds is 41. The van der Waals surface area contributed by atoms with Crippen molar-refractivity contribution in [1.29, 1.82) is 0 Å². The van der Waals surface area contributed by atoms with E-state index in [4.69, 9.17) is 19.1 Å². The zero-order valence-electron chi connectivity index (χ0n) is 34.9. The van der Waals surface area contributed by atoms with E-state index in [0.29, 0.717) is 12.8 Å². The minimum atomic E-state index is -4.62. The van der Waals surface area contributed by atoms with Gasteiger partial charge in [0.05, 0.1) is 19.8 Å². The number of ether oxygens (including phenoxy) is 2. The van der Waals surface area contributed by atoms with E-state index in [2.05, 4.69) is 54.8 Å². The third-order valence-corrected chi connectivity index (χ3v) is 10.3. The van der Waals surface area contributed by atoms with Crippen LogP contribution in [0.25, 0.3) is 0 Å². The molecule has 3 N–H and O–H groups in total. The number of phosphoric acid groups is 1. The molecule has 3 unspecified atom stereocenters. The number of carbonyl (C=O) groups is 2. The van der Waals surface area contributed by atoms with Crippen LogP contribution >= 0.6 is 7.82 Å². The molecule has 322 valence electrons. The van der Waals surface area contributed by atoms with E-state index in [1.807, 2.05) is 0 Å². The summed E-state index contributed by atoms with van der Waals surface area (Å²) < 4.78 is 32.7. The molecule has 55 heavy (non-hydrogen) atoms. The summed E-state index contributed by atoms with van der Waals surface area (Å²) in [5, 5.41) is 18.3. The summed E-state index contributed by atoms with van der Waals surface area (Å²) in [6.07, 6.45) is 41.2. The van der Waals surface area contributed by atoms with Gasteiger partial charge in [0.2, 0.25) is 0 Å². The zero-order valence-corrected chi connectivity index (χ0v) is 35.8. The van der Waals surface area contributed by atoms with Gasteiger partial charge >= 0.3 is 19.8 Å². The monoisotopic (exact) mass is 801 g/mol. The largest absolute Gasteiger partial charge is 0.472 e. The molecule has 0 heterocycles. The van der Waals surface area contributed by atoms with Crippen LogP contribution in [0.15, 0.2) is 36.5 Å². The second-order valence-electron chi connectivity index (χ2n) is 14.7. The molecule has 11 heteroatoms. The summed E-state index contributed by atoms with van der Waals surface area (Å²) in [6.45, 7) is 2.24. The highest BCUT2D eigenvalue weighted by Crippen LogP contribution is 2.43. The molecule has 0 saturated heterocycles. The first-order chi connectivity index (χ1) is 26.7. The second-order valence-corrected chi connectivity index (χ2v) is 16.2. The van der Waals surface area contributed by atoms with Crippen LogP contribution in [-0.4, -0.2) is 65.7 Å². The van der Waals surface area contributed by atoms with Crippen LogP contribution in [-0.2, 0) is 32.7 Å². The Balaban J connectivity index is 4.25. The summed E-state index contributed by atoms with van der Waals surface area (Å²) in [7, 11) is -4.62. The molecule has 0 aliphatic carbocycles. The second kappa shape index (κ2) is 40.4. The number of phosphoric ester groups is 1. The van der Waals surface area contributed by atoms with Crippen molar-refractivity contribution in [1.82, 2.24) is 0 Å². The lowest BCUT2D eigenvalue weighted by Crippen LogP contribution is -2.29.